The van der Waals surface area contributed by atoms with Gasteiger partial charge in [0.1, 0.15) is 6.10 Å². The molecular weight excluding hydrogens is 430 g/mol. The van der Waals surface area contributed by atoms with Crippen LogP contribution in [0.5, 0.6) is 5.75 Å². The van der Waals surface area contributed by atoms with Crippen molar-refractivity contribution in [3.63, 3.8) is 0 Å². The van der Waals surface area contributed by atoms with E-state index >= 15 is 0 Å². The van der Waals surface area contributed by atoms with Gasteiger partial charge in [-0.25, -0.2) is 0 Å². The predicted octanol–water partition coefficient (Wildman–Crippen LogP) is 3.77. The fourth-order valence-electron chi connectivity index (χ4n) is 5.28. The third-order valence-corrected chi connectivity index (χ3v) is 7.68. The molecule has 3 aliphatic rings. The summed E-state index contributed by atoms with van der Waals surface area (Å²) in [5.41, 5.74) is 1.02. The molecule has 1 aromatic rings. The first-order valence-electron chi connectivity index (χ1n) is 13.1. The zero-order valence-corrected chi connectivity index (χ0v) is 21.0. The number of nitrogens with zero attached hydrogens (tertiary/aromatic N) is 2. The van der Waals surface area contributed by atoms with Crippen molar-refractivity contribution in [3.8, 4) is 5.75 Å². The zero-order valence-electron chi connectivity index (χ0n) is 21.0. The Labute approximate surface area is 203 Å². The summed E-state index contributed by atoms with van der Waals surface area (Å²) in [6, 6.07) is 5.11. The summed E-state index contributed by atoms with van der Waals surface area (Å²) < 4.78 is 6.61. The molecule has 4 rings (SSSR count). The molecule has 7 nitrogen and oxygen atoms in total. The minimum Gasteiger partial charge on any atom is -0.486 e. The fraction of sp³-hybridized carbons (Fsp3) is 0.704. The van der Waals surface area contributed by atoms with Crippen molar-refractivity contribution in [2.75, 3.05) is 38.6 Å². The highest BCUT2D eigenvalue weighted by Crippen LogP contribution is 2.36. The van der Waals surface area contributed by atoms with E-state index in [0.717, 1.165) is 44.7 Å². The Morgan fingerprint density at radius 2 is 1.94 bits per heavy atom. The predicted molar refractivity (Wildman–Crippen MR) is 133 cm³/mol. The van der Waals surface area contributed by atoms with Gasteiger partial charge < -0.3 is 25.0 Å². The van der Waals surface area contributed by atoms with Crippen molar-refractivity contribution in [1.29, 1.82) is 0 Å². The van der Waals surface area contributed by atoms with Gasteiger partial charge in [0.2, 0.25) is 5.91 Å². The van der Waals surface area contributed by atoms with E-state index in [0.29, 0.717) is 23.5 Å². The lowest BCUT2D eigenvalue weighted by Crippen LogP contribution is -2.50. The Bertz CT molecular complexity index is 865. The van der Waals surface area contributed by atoms with E-state index in [-0.39, 0.29) is 42.4 Å². The van der Waals surface area contributed by atoms with Crippen LogP contribution in [0.2, 0.25) is 0 Å². The number of nitrogens with one attached hydrogen (secondary N) is 1. The van der Waals surface area contributed by atoms with Gasteiger partial charge in [0.15, 0.2) is 5.75 Å². The smallest absolute Gasteiger partial charge is 0.258 e. The molecule has 2 aliphatic carbocycles. The molecule has 2 N–H and O–H groups in total. The number of likely N-dealkylation sites (N-methyl/N-ethyl adjacent to an activating group) is 1. The van der Waals surface area contributed by atoms with Crippen molar-refractivity contribution in [3.05, 3.63) is 23.8 Å². The number of hydrogen-bond donors (Lipinski definition) is 2. The minimum absolute atomic E-state index is 0.0131. The van der Waals surface area contributed by atoms with E-state index in [1.807, 2.05) is 13.0 Å². The molecule has 0 radical (unpaired) electrons. The molecule has 2 fully saturated rings. The van der Waals surface area contributed by atoms with E-state index in [1.54, 1.807) is 17.0 Å². The van der Waals surface area contributed by atoms with Crippen molar-refractivity contribution in [2.24, 2.45) is 17.8 Å². The number of aliphatic hydroxyl groups is 1. The highest BCUT2D eigenvalue weighted by molar-refractivity contribution is 6.02. The number of rotatable bonds is 8. The standard InChI is InChI=1S/C27H41N3O4/c1-18-14-30(19(2)17-31)27(33)22-10-7-11-23(28-26(32)21-8-5-4-6-9-21)25(22)34-24(18)16-29(3)15-20-12-13-20/h7,10-11,18-21,24,31H,4-6,8-9,12-17H2,1-3H3,(H,28,32)/t18-,19+,24+/m0/s1. The Balaban J connectivity index is 1.64. The van der Waals surface area contributed by atoms with Crippen LogP contribution in [0.3, 0.4) is 0 Å². The van der Waals surface area contributed by atoms with Crippen molar-refractivity contribution >= 4 is 17.5 Å². The van der Waals surface area contributed by atoms with Gasteiger partial charge in [0, 0.05) is 31.5 Å². The highest BCUT2D eigenvalue weighted by Gasteiger charge is 2.35. The van der Waals surface area contributed by atoms with E-state index in [1.165, 1.54) is 19.3 Å². The largest absolute Gasteiger partial charge is 0.486 e. The first kappa shape index (κ1) is 25.0. The van der Waals surface area contributed by atoms with Crippen molar-refractivity contribution in [2.45, 2.75) is 70.9 Å². The molecule has 0 unspecified atom stereocenters. The molecule has 1 heterocycles. The quantitative estimate of drug-likeness (QED) is 0.603. The zero-order chi connectivity index (χ0) is 24.2. The van der Waals surface area contributed by atoms with E-state index in [9.17, 15) is 14.7 Å². The number of carbonyl (C=O) groups is 2. The third kappa shape index (κ3) is 5.92. The molecule has 0 saturated heterocycles. The number of aliphatic hydroxyl groups excluding tert-OH is 1. The Kier molecular flexibility index (Phi) is 8.14. The van der Waals surface area contributed by atoms with Crippen molar-refractivity contribution in [1.82, 2.24) is 9.80 Å². The van der Waals surface area contributed by atoms with Gasteiger partial charge >= 0.3 is 0 Å². The second-order valence-electron chi connectivity index (χ2n) is 10.8. The Hall–Kier alpha value is -2.12. The van der Waals surface area contributed by atoms with E-state index < -0.39 is 0 Å². The molecule has 3 atom stereocenters. The van der Waals surface area contributed by atoms with Crippen LogP contribution in [0.15, 0.2) is 18.2 Å². The summed E-state index contributed by atoms with van der Waals surface area (Å²) in [7, 11) is 2.13. The molecule has 188 valence electrons. The van der Waals surface area contributed by atoms with Crippen LogP contribution in [0.25, 0.3) is 0 Å². The first-order chi connectivity index (χ1) is 16.4. The van der Waals surface area contributed by atoms with Gasteiger partial charge in [-0.3, -0.25) is 9.59 Å². The number of ether oxygens (including phenoxy) is 1. The first-order valence-corrected chi connectivity index (χ1v) is 13.1. The topological polar surface area (TPSA) is 82.1 Å². The molecule has 2 saturated carbocycles. The maximum atomic E-state index is 13.6. The molecule has 0 spiro atoms. The number of fused-ring (bicyclic) bond motifs is 1. The number of carbonyl (C=O) groups excluding carboxylic acids is 2. The molecule has 0 bridgehead atoms. The van der Waals surface area contributed by atoms with Gasteiger partial charge in [-0.2, -0.15) is 0 Å². The van der Waals surface area contributed by atoms with Gasteiger partial charge in [-0.15, -0.1) is 0 Å². The lowest BCUT2D eigenvalue weighted by Gasteiger charge is -2.38. The number of benzene rings is 1. The number of amides is 2. The van der Waals surface area contributed by atoms with Gasteiger partial charge in [0.05, 0.1) is 23.9 Å². The lowest BCUT2D eigenvalue weighted by atomic mass is 9.88. The molecule has 0 aromatic heterocycles. The molecule has 34 heavy (non-hydrogen) atoms. The average Bonchev–Trinajstić information content (AvgIpc) is 3.65. The Morgan fingerprint density at radius 3 is 2.62 bits per heavy atom. The normalized spacial score (nSPS) is 24.7. The maximum absolute atomic E-state index is 13.6. The third-order valence-electron chi connectivity index (χ3n) is 7.68. The van der Waals surface area contributed by atoms with Crippen LogP contribution in [-0.4, -0.2) is 72.2 Å². The molecule has 7 heteroatoms. The SMILES string of the molecule is C[C@H](CO)N1C[C@H](C)[C@@H](CN(C)CC2CC2)Oc2c(NC(=O)C3CCCCC3)cccc2C1=O. The van der Waals surface area contributed by atoms with Crippen molar-refractivity contribution < 1.29 is 19.4 Å². The monoisotopic (exact) mass is 471 g/mol. The van der Waals surface area contributed by atoms with Crippen LogP contribution < -0.4 is 10.1 Å². The highest BCUT2D eigenvalue weighted by atomic mass is 16.5. The van der Waals surface area contributed by atoms with Crippen LogP contribution in [0.4, 0.5) is 5.69 Å². The lowest BCUT2D eigenvalue weighted by molar-refractivity contribution is -0.120. The van der Waals surface area contributed by atoms with E-state index in [4.69, 9.17) is 4.74 Å². The Morgan fingerprint density at radius 1 is 1.21 bits per heavy atom. The summed E-state index contributed by atoms with van der Waals surface area (Å²) in [5, 5.41) is 12.9. The van der Waals surface area contributed by atoms with Crippen LogP contribution in [0, 0.1) is 17.8 Å². The number of para-hydroxylation sites is 1. The summed E-state index contributed by atoms with van der Waals surface area (Å²) in [6.07, 6.45) is 7.62. The maximum Gasteiger partial charge on any atom is 0.258 e. The molecular formula is C27H41N3O4. The second kappa shape index (κ2) is 11.1. The molecule has 1 aliphatic heterocycles. The summed E-state index contributed by atoms with van der Waals surface area (Å²) >= 11 is 0. The van der Waals surface area contributed by atoms with Crippen LogP contribution in [0.1, 0.15) is 69.2 Å². The minimum atomic E-state index is -0.300. The van der Waals surface area contributed by atoms with Crippen LogP contribution >= 0.6 is 0 Å². The average molecular weight is 472 g/mol. The van der Waals surface area contributed by atoms with Gasteiger partial charge in [0.25, 0.3) is 5.91 Å². The molecule has 1 aromatic carbocycles. The molecule has 2 amide bonds. The van der Waals surface area contributed by atoms with E-state index in [2.05, 4.69) is 24.2 Å². The number of anilines is 1. The summed E-state index contributed by atoms with van der Waals surface area (Å²) in [5.74, 6) is 1.17. The fourth-order valence-corrected chi connectivity index (χ4v) is 5.28. The van der Waals surface area contributed by atoms with Gasteiger partial charge in [-0.1, -0.05) is 32.3 Å². The second-order valence-corrected chi connectivity index (χ2v) is 10.8. The summed E-state index contributed by atoms with van der Waals surface area (Å²) in [4.78, 5) is 30.7. The van der Waals surface area contributed by atoms with Gasteiger partial charge in [-0.05, 0) is 57.7 Å². The number of hydrogen-bond acceptors (Lipinski definition) is 5. The summed E-state index contributed by atoms with van der Waals surface area (Å²) in [6.45, 7) is 6.19. The van der Waals surface area contributed by atoms with Crippen LogP contribution in [-0.2, 0) is 4.79 Å².